The fourth-order valence-electron chi connectivity index (χ4n) is 3.95. The highest BCUT2D eigenvalue weighted by Gasteiger charge is 2.46. The van der Waals surface area contributed by atoms with Gasteiger partial charge in [-0.25, -0.2) is 0 Å². The molecule has 170 valence electrons. The van der Waals surface area contributed by atoms with E-state index in [4.69, 9.17) is 9.15 Å². The van der Waals surface area contributed by atoms with Crippen LogP contribution in [0.4, 0.5) is 5.69 Å². The van der Waals surface area contributed by atoms with Crippen molar-refractivity contribution in [1.82, 2.24) is 4.90 Å². The van der Waals surface area contributed by atoms with Crippen LogP contribution < -0.4 is 9.64 Å². The highest BCUT2D eigenvalue weighted by Crippen LogP contribution is 2.40. The zero-order chi connectivity index (χ0) is 23.5. The van der Waals surface area contributed by atoms with Crippen molar-refractivity contribution in [3.8, 4) is 5.75 Å². The first-order chi connectivity index (χ1) is 15.9. The first-order valence-corrected chi connectivity index (χ1v) is 10.7. The Bertz CT molecular complexity index is 1160. The number of aliphatic hydroxyl groups excluding tert-OH is 1. The van der Waals surface area contributed by atoms with Crippen LogP contribution in [-0.2, 0) is 16.1 Å². The third kappa shape index (κ3) is 4.35. The van der Waals surface area contributed by atoms with Gasteiger partial charge < -0.3 is 24.1 Å². The molecule has 4 rings (SSSR count). The molecule has 2 aromatic carbocycles. The van der Waals surface area contributed by atoms with Crippen molar-refractivity contribution >= 4 is 23.1 Å². The number of rotatable bonds is 7. The van der Waals surface area contributed by atoms with E-state index < -0.39 is 17.7 Å². The number of ether oxygens (including phenoxy) is 1. The molecule has 1 unspecified atom stereocenters. The molecular formula is C26H26N2O5. The molecule has 0 bridgehead atoms. The van der Waals surface area contributed by atoms with Crippen LogP contribution in [0.1, 0.15) is 29.9 Å². The minimum atomic E-state index is -0.752. The molecule has 7 nitrogen and oxygen atoms in total. The maximum Gasteiger partial charge on any atom is 0.296 e. The lowest BCUT2D eigenvalue weighted by molar-refractivity contribution is -0.140. The molecule has 1 saturated heterocycles. The molecule has 33 heavy (non-hydrogen) atoms. The van der Waals surface area contributed by atoms with Crippen LogP contribution in [0.3, 0.4) is 0 Å². The Morgan fingerprint density at radius 2 is 1.76 bits per heavy atom. The second-order valence-electron chi connectivity index (χ2n) is 7.95. The third-order valence-corrected chi connectivity index (χ3v) is 5.61. The highest BCUT2D eigenvalue weighted by molar-refractivity contribution is 6.46. The Kier molecular flexibility index (Phi) is 6.22. The van der Waals surface area contributed by atoms with Gasteiger partial charge in [0.05, 0.1) is 31.0 Å². The lowest BCUT2D eigenvalue weighted by Gasteiger charge is -2.25. The van der Waals surface area contributed by atoms with Crippen molar-refractivity contribution in [3.63, 3.8) is 0 Å². The van der Waals surface area contributed by atoms with E-state index in [0.717, 1.165) is 11.3 Å². The normalized spacial score (nSPS) is 17.4. The predicted molar refractivity (Wildman–Crippen MR) is 125 cm³/mol. The van der Waals surface area contributed by atoms with E-state index in [-0.39, 0.29) is 17.9 Å². The molecular weight excluding hydrogens is 420 g/mol. The second kappa shape index (κ2) is 9.24. The lowest BCUT2D eigenvalue weighted by Crippen LogP contribution is -2.29. The van der Waals surface area contributed by atoms with E-state index in [1.54, 1.807) is 36.4 Å². The Morgan fingerprint density at radius 3 is 2.33 bits per heavy atom. The first-order valence-electron chi connectivity index (χ1n) is 10.7. The summed E-state index contributed by atoms with van der Waals surface area (Å²) in [4.78, 5) is 29.6. The van der Waals surface area contributed by atoms with Crippen molar-refractivity contribution in [2.24, 2.45) is 0 Å². The number of furan rings is 1. The number of likely N-dealkylation sites (tertiary alicyclic amines) is 1. The fourth-order valence-corrected chi connectivity index (χ4v) is 3.95. The van der Waals surface area contributed by atoms with Gasteiger partial charge in [-0.3, -0.25) is 9.59 Å². The maximum absolute atomic E-state index is 13.1. The van der Waals surface area contributed by atoms with Gasteiger partial charge in [0.15, 0.2) is 0 Å². The number of anilines is 1. The Balaban J connectivity index is 1.81. The van der Waals surface area contributed by atoms with E-state index in [1.807, 2.05) is 50.2 Å². The van der Waals surface area contributed by atoms with Crippen LogP contribution in [0, 0.1) is 0 Å². The largest absolute Gasteiger partial charge is 0.507 e. The lowest BCUT2D eigenvalue weighted by atomic mass is 9.95. The zero-order valence-corrected chi connectivity index (χ0v) is 18.8. The number of hydrogen-bond donors (Lipinski definition) is 1. The molecule has 1 fully saturated rings. The van der Waals surface area contributed by atoms with Crippen LogP contribution in [0.5, 0.6) is 5.75 Å². The van der Waals surface area contributed by atoms with Gasteiger partial charge in [-0.15, -0.1) is 0 Å². The molecule has 3 aromatic rings. The van der Waals surface area contributed by atoms with E-state index >= 15 is 0 Å². The van der Waals surface area contributed by atoms with Crippen LogP contribution >= 0.6 is 0 Å². The maximum atomic E-state index is 13.1. The van der Waals surface area contributed by atoms with Crippen molar-refractivity contribution in [1.29, 1.82) is 0 Å². The molecule has 0 spiro atoms. The number of ketones is 1. The van der Waals surface area contributed by atoms with Gasteiger partial charge in [0.1, 0.15) is 17.3 Å². The number of nitrogens with zero attached hydrogens (tertiary/aromatic N) is 2. The molecule has 7 heteroatoms. The SMILES string of the molecule is CCOc1ccc(/C(O)=C2/C(=O)C(=O)N(Cc3ccco3)C2c2ccc(N(C)C)cc2)cc1. The van der Waals surface area contributed by atoms with Gasteiger partial charge in [-0.05, 0) is 61.0 Å². The van der Waals surface area contributed by atoms with Gasteiger partial charge >= 0.3 is 0 Å². The van der Waals surface area contributed by atoms with E-state index in [9.17, 15) is 14.7 Å². The van der Waals surface area contributed by atoms with Gasteiger partial charge in [0.25, 0.3) is 11.7 Å². The number of carbonyl (C=O) groups excluding carboxylic acids is 2. The molecule has 2 heterocycles. The molecule has 0 aliphatic carbocycles. The predicted octanol–water partition coefficient (Wildman–Crippen LogP) is 4.37. The van der Waals surface area contributed by atoms with Crippen LogP contribution in [-0.4, -0.2) is 42.4 Å². The van der Waals surface area contributed by atoms with Crippen LogP contribution in [0.25, 0.3) is 5.76 Å². The monoisotopic (exact) mass is 446 g/mol. The molecule has 0 saturated carbocycles. The molecule has 1 atom stereocenters. The number of benzene rings is 2. The van der Waals surface area contributed by atoms with Gasteiger partial charge in [-0.2, -0.15) is 0 Å². The second-order valence-corrected chi connectivity index (χ2v) is 7.95. The molecule has 0 radical (unpaired) electrons. The summed E-state index contributed by atoms with van der Waals surface area (Å²) in [6, 6.07) is 17.1. The Labute approximate surface area is 192 Å². The molecule has 1 N–H and O–H groups in total. The quantitative estimate of drug-likeness (QED) is 0.330. The summed E-state index contributed by atoms with van der Waals surface area (Å²) in [6.07, 6.45) is 1.52. The molecule has 1 aliphatic rings. The van der Waals surface area contributed by atoms with Crippen molar-refractivity contribution in [2.75, 3.05) is 25.6 Å². The molecule has 1 aromatic heterocycles. The Hall–Kier alpha value is -4.00. The average Bonchev–Trinajstić information content (AvgIpc) is 3.42. The van der Waals surface area contributed by atoms with Crippen molar-refractivity contribution in [2.45, 2.75) is 19.5 Å². The number of Topliss-reactive ketones (excluding diaryl/α,β-unsaturated/α-hetero) is 1. The zero-order valence-electron chi connectivity index (χ0n) is 18.8. The summed E-state index contributed by atoms with van der Waals surface area (Å²) >= 11 is 0. The Morgan fingerprint density at radius 1 is 1.06 bits per heavy atom. The van der Waals surface area contributed by atoms with Crippen LogP contribution in [0.15, 0.2) is 76.9 Å². The van der Waals surface area contributed by atoms with E-state index in [1.165, 1.54) is 11.2 Å². The highest BCUT2D eigenvalue weighted by atomic mass is 16.5. The number of aliphatic hydroxyl groups is 1. The minimum Gasteiger partial charge on any atom is -0.507 e. The third-order valence-electron chi connectivity index (χ3n) is 5.61. The molecule has 1 amide bonds. The van der Waals surface area contributed by atoms with E-state index in [0.29, 0.717) is 23.7 Å². The summed E-state index contributed by atoms with van der Waals surface area (Å²) < 4.78 is 10.9. The standard InChI is InChI=1S/C26H26N2O5/c1-4-32-20-13-9-18(10-14-20)24(29)22-23(17-7-11-19(12-8-17)27(2)3)28(26(31)25(22)30)16-21-6-5-15-33-21/h5-15,23,29H,4,16H2,1-3H3/b24-22-. The van der Waals surface area contributed by atoms with Gasteiger partial charge in [-0.1, -0.05) is 12.1 Å². The molecule has 1 aliphatic heterocycles. The fraction of sp³-hybridized carbons (Fsp3) is 0.231. The van der Waals surface area contributed by atoms with Crippen molar-refractivity contribution < 1.29 is 23.8 Å². The minimum absolute atomic E-state index is 0.0494. The first kappa shape index (κ1) is 22.2. The van der Waals surface area contributed by atoms with Crippen LogP contribution in [0.2, 0.25) is 0 Å². The number of hydrogen-bond acceptors (Lipinski definition) is 6. The van der Waals surface area contributed by atoms with Gasteiger partial charge in [0, 0.05) is 25.3 Å². The van der Waals surface area contributed by atoms with Gasteiger partial charge in [0.2, 0.25) is 0 Å². The topological polar surface area (TPSA) is 83.2 Å². The average molecular weight is 447 g/mol. The number of amides is 1. The summed E-state index contributed by atoms with van der Waals surface area (Å²) in [5, 5.41) is 11.2. The summed E-state index contributed by atoms with van der Waals surface area (Å²) in [5.41, 5.74) is 2.18. The smallest absolute Gasteiger partial charge is 0.296 e. The number of carbonyl (C=O) groups is 2. The van der Waals surface area contributed by atoms with E-state index in [2.05, 4.69) is 0 Å². The summed E-state index contributed by atoms with van der Waals surface area (Å²) in [7, 11) is 3.87. The summed E-state index contributed by atoms with van der Waals surface area (Å²) in [5.74, 6) is -0.425. The van der Waals surface area contributed by atoms with Crippen molar-refractivity contribution in [3.05, 3.63) is 89.4 Å². The summed E-state index contributed by atoms with van der Waals surface area (Å²) in [6.45, 7) is 2.51.